The van der Waals surface area contributed by atoms with Gasteiger partial charge in [0.2, 0.25) is 0 Å². The first kappa shape index (κ1) is 15.1. The average Bonchev–Trinajstić information content (AvgIpc) is 2.36. The highest BCUT2D eigenvalue weighted by molar-refractivity contribution is 7.80. The molecular formula is C15H24N2S. The zero-order valence-corrected chi connectivity index (χ0v) is 12.7. The molecule has 1 aromatic rings. The van der Waals surface area contributed by atoms with Crippen LogP contribution in [0.15, 0.2) is 18.2 Å². The summed E-state index contributed by atoms with van der Waals surface area (Å²) in [5, 5.41) is 0. The van der Waals surface area contributed by atoms with E-state index >= 15 is 0 Å². The van der Waals surface area contributed by atoms with E-state index in [0.717, 1.165) is 18.7 Å². The standard InChI is InChI=1S/C15H24N2S/c1-5-12(4)17(6-2)10-14-8-7-13(15(16)18)9-11(14)3/h7-9,12H,5-6,10H2,1-4H3,(H2,16,18). The molecule has 0 aliphatic heterocycles. The first-order chi connectivity index (χ1) is 8.49. The summed E-state index contributed by atoms with van der Waals surface area (Å²) in [5.41, 5.74) is 9.23. The van der Waals surface area contributed by atoms with Gasteiger partial charge in [-0.15, -0.1) is 0 Å². The van der Waals surface area contributed by atoms with E-state index in [4.69, 9.17) is 18.0 Å². The van der Waals surface area contributed by atoms with Gasteiger partial charge in [-0.3, -0.25) is 4.90 Å². The summed E-state index contributed by atoms with van der Waals surface area (Å²) < 4.78 is 0. The summed E-state index contributed by atoms with van der Waals surface area (Å²) in [5.74, 6) is 0. The normalized spacial score (nSPS) is 12.7. The van der Waals surface area contributed by atoms with Crippen molar-refractivity contribution in [3.8, 4) is 0 Å². The number of benzene rings is 1. The van der Waals surface area contributed by atoms with E-state index in [-0.39, 0.29) is 0 Å². The molecule has 0 fully saturated rings. The molecule has 0 bridgehead atoms. The predicted octanol–water partition coefficient (Wildman–Crippen LogP) is 3.25. The molecule has 2 N–H and O–H groups in total. The zero-order chi connectivity index (χ0) is 13.7. The van der Waals surface area contributed by atoms with E-state index in [9.17, 15) is 0 Å². The first-order valence-electron chi connectivity index (χ1n) is 6.62. The van der Waals surface area contributed by atoms with Gasteiger partial charge in [-0.2, -0.15) is 0 Å². The lowest BCUT2D eigenvalue weighted by Gasteiger charge is -2.27. The molecule has 100 valence electrons. The third kappa shape index (κ3) is 3.79. The van der Waals surface area contributed by atoms with Crippen LogP contribution in [0.25, 0.3) is 0 Å². The molecule has 1 atom stereocenters. The minimum atomic E-state index is 0.471. The van der Waals surface area contributed by atoms with Crippen LogP contribution < -0.4 is 5.73 Å². The van der Waals surface area contributed by atoms with Crippen molar-refractivity contribution in [1.29, 1.82) is 0 Å². The maximum atomic E-state index is 5.65. The van der Waals surface area contributed by atoms with Crippen LogP contribution in [0.4, 0.5) is 0 Å². The number of thiocarbonyl (C=S) groups is 1. The average molecular weight is 264 g/mol. The summed E-state index contributed by atoms with van der Waals surface area (Å²) >= 11 is 5.00. The lowest BCUT2D eigenvalue weighted by molar-refractivity contribution is 0.205. The second-order valence-corrected chi connectivity index (χ2v) is 5.27. The number of nitrogens with two attached hydrogens (primary N) is 1. The molecular weight excluding hydrogens is 240 g/mol. The summed E-state index contributed by atoms with van der Waals surface area (Å²) in [6.07, 6.45) is 1.18. The highest BCUT2D eigenvalue weighted by atomic mass is 32.1. The van der Waals surface area contributed by atoms with Gasteiger partial charge in [0, 0.05) is 18.2 Å². The predicted molar refractivity (Wildman–Crippen MR) is 82.9 cm³/mol. The lowest BCUT2D eigenvalue weighted by Crippen LogP contribution is -2.32. The molecule has 0 saturated heterocycles. The molecule has 0 aromatic heterocycles. The van der Waals surface area contributed by atoms with Gasteiger partial charge in [0.1, 0.15) is 4.99 Å². The monoisotopic (exact) mass is 264 g/mol. The molecule has 1 rings (SSSR count). The number of rotatable bonds is 6. The van der Waals surface area contributed by atoms with Gasteiger partial charge in [-0.25, -0.2) is 0 Å². The van der Waals surface area contributed by atoms with E-state index in [1.165, 1.54) is 17.5 Å². The van der Waals surface area contributed by atoms with Gasteiger partial charge in [-0.05, 0) is 44.0 Å². The Morgan fingerprint density at radius 3 is 2.50 bits per heavy atom. The maximum absolute atomic E-state index is 5.65. The Hall–Kier alpha value is -0.930. The highest BCUT2D eigenvalue weighted by Gasteiger charge is 2.12. The maximum Gasteiger partial charge on any atom is 0.103 e. The Labute approximate surface area is 116 Å². The van der Waals surface area contributed by atoms with Crippen LogP contribution in [0.1, 0.15) is 43.9 Å². The van der Waals surface area contributed by atoms with Gasteiger partial charge in [-0.1, -0.05) is 38.2 Å². The molecule has 18 heavy (non-hydrogen) atoms. The Balaban J connectivity index is 2.87. The fourth-order valence-electron chi connectivity index (χ4n) is 2.08. The fraction of sp³-hybridized carbons (Fsp3) is 0.533. The molecule has 0 radical (unpaired) electrons. The minimum Gasteiger partial charge on any atom is -0.389 e. The van der Waals surface area contributed by atoms with Crippen LogP contribution in [-0.4, -0.2) is 22.5 Å². The minimum absolute atomic E-state index is 0.471. The highest BCUT2D eigenvalue weighted by Crippen LogP contribution is 2.16. The van der Waals surface area contributed by atoms with E-state index in [1.54, 1.807) is 0 Å². The van der Waals surface area contributed by atoms with Gasteiger partial charge in [0.15, 0.2) is 0 Å². The number of aryl methyl sites for hydroxylation is 1. The molecule has 0 saturated carbocycles. The van der Waals surface area contributed by atoms with Crippen molar-refractivity contribution in [3.05, 3.63) is 34.9 Å². The largest absolute Gasteiger partial charge is 0.389 e. The Bertz CT molecular complexity index is 415. The third-order valence-electron chi connectivity index (χ3n) is 3.62. The number of hydrogen-bond acceptors (Lipinski definition) is 2. The number of hydrogen-bond donors (Lipinski definition) is 1. The fourth-order valence-corrected chi connectivity index (χ4v) is 2.21. The summed E-state index contributed by atoms with van der Waals surface area (Å²) in [7, 11) is 0. The SMILES string of the molecule is CCC(C)N(CC)Cc1ccc(C(N)=S)cc1C. The van der Waals surface area contributed by atoms with Crippen molar-refractivity contribution in [2.24, 2.45) is 5.73 Å². The van der Waals surface area contributed by atoms with Crippen molar-refractivity contribution in [3.63, 3.8) is 0 Å². The molecule has 0 heterocycles. The van der Waals surface area contributed by atoms with Crippen molar-refractivity contribution >= 4 is 17.2 Å². The van der Waals surface area contributed by atoms with Crippen LogP contribution in [0.5, 0.6) is 0 Å². The molecule has 2 nitrogen and oxygen atoms in total. The second kappa shape index (κ2) is 6.86. The third-order valence-corrected chi connectivity index (χ3v) is 3.86. The Morgan fingerprint density at radius 2 is 2.06 bits per heavy atom. The van der Waals surface area contributed by atoms with Crippen molar-refractivity contribution < 1.29 is 0 Å². The van der Waals surface area contributed by atoms with Crippen LogP contribution in [0, 0.1) is 6.92 Å². The van der Waals surface area contributed by atoms with E-state index in [1.807, 2.05) is 6.07 Å². The first-order valence-corrected chi connectivity index (χ1v) is 7.03. The van der Waals surface area contributed by atoms with Gasteiger partial charge < -0.3 is 5.73 Å². The Morgan fingerprint density at radius 1 is 1.39 bits per heavy atom. The molecule has 1 unspecified atom stereocenters. The smallest absolute Gasteiger partial charge is 0.103 e. The van der Waals surface area contributed by atoms with E-state index in [2.05, 4.69) is 44.7 Å². The van der Waals surface area contributed by atoms with Crippen molar-refractivity contribution in [2.75, 3.05) is 6.54 Å². The van der Waals surface area contributed by atoms with Crippen LogP contribution in [0.3, 0.4) is 0 Å². The summed E-state index contributed by atoms with van der Waals surface area (Å²) in [6, 6.07) is 6.87. The Kier molecular flexibility index (Phi) is 5.76. The van der Waals surface area contributed by atoms with Crippen molar-refractivity contribution in [1.82, 2.24) is 4.90 Å². The van der Waals surface area contributed by atoms with Gasteiger partial charge in [0.25, 0.3) is 0 Å². The molecule has 0 amide bonds. The second-order valence-electron chi connectivity index (χ2n) is 4.83. The topological polar surface area (TPSA) is 29.3 Å². The molecule has 0 aliphatic rings. The zero-order valence-electron chi connectivity index (χ0n) is 11.9. The molecule has 3 heteroatoms. The van der Waals surface area contributed by atoms with E-state index in [0.29, 0.717) is 11.0 Å². The summed E-state index contributed by atoms with van der Waals surface area (Å²) in [6.45, 7) is 10.9. The molecule has 1 aromatic carbocycles. The van der Waals surface area contributed by atoms with Crippen LogP contribution >= 0.6 is 12.2 Å². The number of nitrogens with zero attached hydrogens (tertiary/aromatic N) is 1. The van der Waals surface area contributed by atoms with Gasteiger partial charge >= 0.3 is 0 Å². The van der Waals surface area contributed by atoms with Gasteiger partial charge in [0.05, 0.1) is 0 Å². The quantitative estimate of drug-likeness (QED) is 0.800. The van der Waals surface area contributed by atoms with Crippen LogP contribution in [-0.2, 0) is 6.54 Å². The lowest BCUT2D eigenvalue weighted by atomic mass is 10.0. The molecule has 0 aliphatic carbocycles. The van der Waals surface area contributed by atoms with Crippen molar-refractivity contribution in [2.45, 2.75) is 46.7 Å². The summed E-state index contributed by atoms with van der Waals surface area (Å²) in [4.78, 5) is 2.96. The van der Waals surface area contributed by atoms with E-state index < -0.39 is 0 Å². The molecule has 0 spiro atoms. The van der Waals surface area contributed by atoms with Crippen LogP contribution in [0.2, 0.25) is 0 Å².